The minimum Gasteiger partial charge on any atom is -0.324 e. The van der Waals surface area contributed by atoms with E-state index >= 15 is 0 Å². The minimum absolute atomic E-state index is 0.0247. The number of nitrogens with two attached hydrogens (primary N) is 1. The molecule has 0 radical (unpaired) electrons. The van der Waals surface area contributed by atoms with Gasteiger partial charge in [-0.15, -0.1) is 11.8 Å². The quantitative estimate of drug-likeness (QED) is 0.806. The largest absolute Gasteiger partial charge is 0.324 e. The summed E-state index contributed by atoms with van der Waals surface area (Å²) < 4.78 is 0. The van der Waals surface area contributed by atoms with Crippen molar-refractivity contribution in [3.05, 3.63) is 64.2 Å². The van der Waals surface area contributed by atoms with E-state index < -0.39 is 0 Å². The highest BCUT2D eigenvalue weighted by Crippen LogP contribution is 2.29. The normalized spacial score (nSPS) is 12.4. The molecule has 0 aliphatic rings. The van der Waals surface area contributed by atoms with E-state index in [4.69, 9.17) is 17.3 Å². The van der Waals surface area contributed by atoms with E-state index in [-0.39, 0.29) is 6.04 Å². The van der Waals surface area contributed by atoms with E-state index in [0.717, 1.165) is 16.3 Å². The fourth-order valence-electron chi connectivity index (χ4n) is 1.94. The third-order valence-electron chi connectivity index (χ3n) is 2.95. The summed E-state index contributed by atoms with van der Waals surface area (Å²) in [5.74, 6) is 0.954. The Kier molecular flexibility index (Phi) is 4.92. The molecule has 1 nitrogen and oxygen atoms in total. The second kappa shape index (κ2) is 6.47. The Morgan fingerprint density at radius 1 is 1.21 bits per heavy atom. The molecular formula is C16H18ClNS. The molecule has 0 spiro atoms. The lowest BCUT2D eigenvalue weighted by Gasteiger charge is -2.10. The average Bonchev–Trinajstić information content (AvgIpc) is 2.36. The maximum absolute atomic E-state index is 6.24. The second-order valence-electron chi connectivity index (χ2n) is 4.75. The van der Waals surface area contributed by atoms with Gasteiger partial charge in [0.25, 0.3) is 0 Å². The van der Waals surface area contributed by atoms with Crippen LogP contribution in [0.1, 0.15) is 29.7 Å². The summed E-state index contributed by atoms with van der Waals surface area (Å²) in [6.45, 7) is 4.06. The zero-order chi connectivity index (χ0) is 13.8. The maximum Gasteiger partial charge on any atom is 0.0464 e. The van der Waals surface area contributed by atoms with Gasteiger partial charge in [-0.3, -0.25) is 0 Å². The number of benzene rings is 2. The molecule has 0 saturated heterocycles. The highest BCUT2D eigenvalue weighted by atomic mass is 35.5. The SMILES string of the molecule is Cc1cccc(CSc2ccc(C(C)N)c(Cl)c2)c1. The molecule has 0 saturated carbocycles. The van der Waals surface area contributed by atoms with Crippen LogP contribution < -0.4 is 5.73 Å². The zero-order valence-corrected chi connectivity index (χ0v) is 12.8. The van der Waals surface area contributed by atoms with Crippen molar-refractivity contribution in [3.63, 3.8) is 0 Å². The third-order valence-corrected chi connectivity index (χ3v) is 4.34. The van der Waals surface area contributed by atoms with Gasteiger partial charge in [-0.1, -0.05) is 47.5 Å². The van der Waals surface area contributed by atoms with E-state index in [2.05, 4.69) is 37.3 Å². The van der Waals surface area contributed by atoms with Crippen LogP contribution in [0.5, 0.6) is 0 Å². The van der Waals surface area contributed by atoms with Gasteiger partial charge in [-0.05, 0) is 37.1 Å². The summed E-state index contributed by atoms with van der Waals surface area (Å²) in [5.41, 5.74) is 9.48. The standard InChI is InChI=1S/C16H18ClNS/c1-11-4-3-5-13(8-11)10-19-14-6-7-15(12(2)18)16(17)9-14/h3-9,12H,10,18H2,1-2H3. The molecule has 0 aromatic heterocycles. The number of hydrogen-bond acceptors (Lipinski definition) is 2. The molecule has 0 bridgehead atoms. The zero-order valence-electron chi connectivity index (χ0n) is 11.2. The van der Waals surface area contributed by atoms with Gasteiger partial charge in [0.05, 0.1) is 0 Å². The van der Waals surface area contributed by atoms with Gasteiger partial charge in [0.15, 0.2) is 0 Å². The Bertz CT molecular complexity index is 566. The Hall–Kier alpha value is -0.960. The van der Waals surface area contributed by atoms with Crippen molar-refractivity contribution < 1.29 is 0 Å². The fourth-order valence-corrected chi connectivity index (χ4v) is 3.23. The monoisotopic (exact) mass is 291 g/mol. The first kappa shape index (κ1) is 14.4. The molecule has 2 aromatic carbocycles. The van der Waals surface area contributed by atoms with E-state index in [1.807, 2.05) is 19.1 Å². The Labute approximate surface area is 124 Å². The van der Waals surface area contributed by atoms with Crippen molar-refractivity contribution in [3.8, 4) is 0 Å². The summed E-state index contributed by atoms with van der Waals surface area (Å²) in [5, 5.41) is 0.754. The first-order chi connectivity index (χ1) is 9.06. The van der Waals surface area contributed by atoms with Crippen molar-refractivity contribution in [2.45, 2.75) is 30.5 Å². The maximum atomic E-state index is 6.24. The molecule has 2 aromatic rings. The van der Waals surface area contributed by atoms with Crippen molar-refractivity contribution in [1.29, 1.82) is 0 Å². The molecule has 2 N–H and O–H groups in total. The number of hydrogen-bond donors (Lipinski definition) is 1. The molecule has 3 heteroatoms. The third kappa shape index (κ3) is 4.00. The minimum atomic E-state index is -0.0247. The van der Waals surface area contributed by atoms with Gasteiger partial charge in [-0.25, -0.2) is 0 Å². The van der Waals surface area contributed by atoms with Crippen LogP contribution in [0.3, 0.4) is 0 Å². The van der Waals surface area contributed by atoms with Crippen LogP contribution >= 0.6 is 23.4 Å². The van der Waals surface area contributed by atoms with Gasteiger partial charge in [-0.2, -0.15) is 0 Å². The predicted octanol–water partition coefficient (Wildman–Crippen LogP) is 4.96. The molecule has 1 unspecified atom stereocenters. The molecule has 100 valence electrons. The highest BCUT2D eigenvalue weighted by molar-refractivity contribution is 7.98. The van der Waals surface area contributed by atoms with E-state index in [1.54, 1.807) is 11.8 Å². The van der Waals surface area contributed by atoms with Gasteiger partial charge >= 0.3 is 0 Å². The molecule has 0 amide bonds. The average molecular weight is 292 g/mol. The van der Waals surface area contributed by atoms with Crippen LogP contribution in [0.25, 0.3) is 0 Å². The van der Waals surface area contributed by atoms with Crippen LogP contribution in [0.15, 0.2) is 47.4 Å². The summed E-state index contributed by atoms with van der Waals surface area (Å²) >= 11 is 8.03. The van der Waals surface area contributed by atoms with Crippen molar-refractivity contribution in [1.82, 2.24) is 0 Å². The lowest BCUT2D eigenvalue weighted by Crippen LogP contribution is -2.05. The van der Waals surface area contributed by atoms with E-state index in [1.165, 1.54) is 16.0 Å². The van der Waals surface area contributed by atoms with E-state index in [0.29, 0.717) is 0 Å². The highest BCUT2D eigenvalue weighted by Gasteiger charge is 2.06. The predicted molar refractivity (Wildman–Crippen MR) is 84.8 cm³/mol. The van der Waals surface area contributed by atoms with Gasteiger partial charge < -0.3 is 5.73 Å². The number of thioether (sulfide) groups is 1. The molecule has 0 fully saturated rings. The smallest absolute Gasteiger partial charge is 0.0464 e. The summed E-state index contributed by atoms with van der Waals surface area (Å²) in [7, 11) is 0. The van der Waals surface area contributed by atoms with Gasteiger partial charge in [0.1, 0.15) is 0 Å². The van der Waals surface area contributed by atoms with Crippen molar-refractivity contribution in [2.75, 3.05) is 0 Å². The topological polar surface area (TPSA) is 26.0 Å². The van der Waals surface area contributed by atoms with E-state index in [9.17, 15) is 0 Å². The molecule has 0 heterocycles. The summed E-state index contributed by atoms with van der Waals surface area (Å²) in [6, 6.07) is 14.7. The van der Waals surface area contributed by atoms with Crippen LogP contribution in [0, 0.1) is 6.92 Å². The van der Waals surface area contributed by atoms with Gasteiger partial charge in [0.2, 0.25) is 0 Å². The van der Waals surface area contributed by atoms with Crippen molar-refractivity contribution in [2.24, 2.45) is 5.73 Å². The molecule has 19 heavy (non-hydrogen) atoms. The second-order valence-corrected chi connectivity index (χ2v) is 6.21. The molecule has 0 aliphatic heterocycles. The molecule has 0 aliphatic carbocycles. The van der Waals surface area contributed by atoms with Crippen molar-refractivity contribution >= 4 is 23.4 Å². The molecular weight excluding hydrogens is 274 g/mol. The fraction of sp³-hybridized carbons (Fsp3) is 0.250. The van der Waals surface area contributed by atoms with Gasteiger partial charge in [0, 0.05) is 21.7 Å². The van der Waals surface area contributed by atoms with Crippen LogP contribution in [0.4, 0.5) is 0 Å². The van der Waals surface area contributed by atoms with Crippen LogP contribution in [-0.2, 0) is 5.75 Å². The summed E-state index contributed by atoms with van der Waals surface area (Å²) in [6.07, 6.45) is 0. The lowest BCUT2D eigenvalue weighted by molar-refractivity contribution is 0.817. The number of rotatable bonds is 4. The molecule has 2 rings (SSSR count). The lowest BCUT2D eigenvalue weighted by atomic mass is 10.1. The molecule has 1 atom stereocenters. The first-order valence-corrected chi connectivity index (χ1v) is 7.66. The van der Waals surface area contributed by atoms with Crippen LogP contribution in [-0.4, -0.2) is 0 Å². The number of aryl methyl sites for hydroxylation is 1. The Morgan fingerprint density at radius 2 is 2.00 bits per heavy atom. The Balaban J connectivity index is 2.06. The first-order valence-electron chi connectivity index (χ1n) is 6.29. The number of halogens is 1. The summed E-state index contributed by atoms with van der Waals surface area (Å²) in [4.78, 5) is 1.18. The Morgan fingerprint density at radius 3 is 2.63 bits per heavy atom. The van der Waals surface area contributed by atoms with Crippen LogP contribution in [0.2, 0.25) is 5.02 Å².